The lowest BCUT2D eigenvalue weighted by Gasteiger charge is -2.27. The van der Waals surface area contributed by atoms with Crippen molar-refractivity contribution in [3.8, 4) is 0 Å². The molecular weight excluding hydrogens is 427 g/mol. The van der Waals surface area contributed by atoms with Crippen molar-refractivity contribution in [2.45, 2.75) is 46.4 Å². The first kappa shape index (κ1) is 22.2. The fraction of sp³-hybridized carbons (Fsp3) is 0.632. The highest BCUT2D eigenvalue weighted by atomic mass is 127. The van der Waals surface area contributed by atoms with Crippen LogP contribution in [0.1, 0.15) is 38.3 Å². The summed E-state index contributed by atoms with van der Waals surface area (Å²) in [5.41, 5.74) is 2.05. The van der Waals surface area contributed by atoms with E-state index in [1.165, 1.54) is 6.42 Å². The molecule has 6 heteroatoms. The highest BCUT2D eigenvalue weighted by Crippen LogP contribution is 2.16. The zero-order valence-corrected chi connectivity index (χ0v) is 18.1. The lowest BCUT2D eigenvalue weighted by molar-refractivity contribution is 0.223. The number of likely N-dealkylation sites (N-methyl/N-ethyl adjacent to an activating group) is 1. The summed E-state index contributed by atoms with van der Waals surface area (Å²) in [6.07, 6.45) is 1.19. The van der Waals surface area contributed by atoms with E-state index in [1.54, 1.807) is 0 Å². The van der Waals surface area contributed by atoms with Crippen LogP contribution in [0.25, 0.3) is 0 Å². The van der Waals surface area contributed by atoms with Gasteiger partial charge in [0.25, 0.3) is 0 Å². The van der Waals surface area contributed by atoms with Gasteiger partial charge in [-0.25, -0.2) is 4.99 Å². The molecule has 1 aliphatic heterocycles. The van der Waals surface area contributed by atoms with Gasteiger partial charge in [0.1, 0.15) is 0 Å². The van der Waals surface area contributed by atoms with Crippen molar-refractivity contribution in [2.24, 2.45) is 4.99 Å². The van der Waals surface area contributed by atoms with E-state index in [-0.39, 0.29) is 30.6 Å². The molecule has 0 saturated carbocycles. The van der Waals surface area contributed by atoms with Gasteiger partial charge in [-0.3, -0.25) is 4.90 Å². The average Bonchev–Trinajstić information content (AvgIpc) is 3.09. The Balaban J connectivity index is 0.00000312. The van der Waals surface area contributed by atoms with E-state index in [1.807, 2.05) is 24.3 Å². The van der Waals surface area contributed by atoms with Crippen molar-refractivity contribution in [3.63, 3.8) is 0 Å². The number of nitrogens with one attached hydrogen (secondary N) is 1. The number of aliphatic hydroxyl groups excluding tert-OH is 1. The molecule has 1 aliphatic rings. The monoisotopic (exact) mass is 460 g/mol. The number of hydrogen-bond donors (Lipinski definition) is 2. The topological polar surface area (TPSA) is 51.1 Å². The van der Waals surface area contributed by atoms with Crippen molar-refractivity contribution < 1.29 is 5.11 Å². The summed E-state index contributed by atoms with van der Waals surface area (Å²) in [4.78, 5) is 9.72. The summed E-state index contributed by atoms with van der Waals surface area (Å²) in [5.74, 6) is 0.986. The first-order valence-electron chi connectivity index (χ1n) is 9.18. The van der Waals surface area contributed by atoms with Crippen LogP contribution in [-0.2, 0) is 13.2 Å². The molecule has 1 fully saturated rings. The molecule has 1 heterocycles. The first-order valence-corrected chi connectivity index (χ1v) is 9.18. The molecule has 25 heavy (non-hydrogen) atoms. The van der Waals surface area contributed by atoms with Gasteiger partial charge in [0.2, 0.25) is 0 Å². The molecule has 0 aromatic heterocycles. The maximum Gasteiger partial charge on any atom is 0.194 e. The largest absolute Gasteiger partial charge is 0.392 e. The molecule has 142 valence electrons. The molecule has 0 amide bonds. The van der Waals surface area contributed by atoms with Crippen LogP contribution in [0.5, 0.6) is 0 Å². The molecule has 1 aromatic carbocycles. The Bertz CT molecular complexity index is 534. The predicted molar refractivity (Wildman–Crippen MR) is 115 cm³/mol. The maximum atomic E-state index is 9.47. The number of aliphatic hydroxyl groups is 1. The molecule has 1 unspecified atom stereocenters. The number of hydrogen-bond acceptors (Lipinski definition) is 3. The Hall–Kier alpha value is -0.860. The van der Waals surface area contributed by atoms with Crippen LogP contribution in [0.15, 0.2) is 29.3 Å². The predicted octanol–water partition coefficient (Wildman–Crippen LogP) is 2.68. The first-order chi connectivity index (χ1) is 11.7. The average molecular weight is 460 g/mol. The third-order valence-electron chi connectivity index (χ3n) is 4.81. The fourth-order valence-corrected chi connectivity index (χ4v) is 3.42. The van der Waals surface area contributed by atoms with Gasteiger partial charge in [-0.2, -0.15) is 0 Å². The Labute approximate surface area is 169 Å². The molecular formula is C19H33IN4O. The van der Waals surface area contributed by atoms with Crippen LogP contribution in [-0.4, -0.2) is 59.6 Å². The van der Waals surface area contributed by atoms with Crippen LogP contribution in [0.2, 0.25) is 0 Å². The van der Waals surface area contributed by atoms with Gasteiger partial charge in [0.05, 0.1) is 13.2 Å². The lowest BCUT2D eigenvalue weighted by atomic mass is 10.1. The fourth-order valence-electron chi connectivity index (χ4n) is 3.42. The molecule has 2 rings (SSSR count). The van der Waals surface area contributed by atoms with Gasteiger partial charge in [0.15, 0.2) is 5.96 Å². The van der Waals surface area contributed by atoms with E-state index in [0.29, 0.717) is 12.6 Å². The minimum atomic E-state index is 0. The molecule has 0 spiro atoms. The summed E-state index contributed by atoms with van der Waals surface area (Å²) < 4.78 is 0. The number of aliphatic imine (C=N–C) groups is 1. The number of halogens is 1. The van der Waals surface area contributed by atoms with Crippen LogP contribution < -0.4 is 5.32 Å². The second-order valence-electron chi connectivity index (χ2n) is 6.21. The van der Waals surface area contributed by atoms with Crippen LogP contribution in [0.4, 0.5) is 0 Å². The molecule has 0 radical (unpaired) electrons. The number of guanidine groups is 1. The van der Waals surface area contributed by atoms with Crippen molar-refractivity contribution >= 4 is 29.9 Å². The summed E-state index contributed by atoms with van der Waals surface area (Å²) >= 11 is 0. The Morgan fingerprint density at radius 1 is 1.24 bits per heavy atom. The number of likely N-dealkylation sites (tertiary alicyclic amines) is 1. The van der Waals surface area contributed by atoms with E-state index < -0.39 is 0 Å². The summed E-state index contributed by atoms with van der Waals surface area (Å²) in [5, 5.41) is 12.9. The second-order valence-corrected chi connectivity index (χ2v) is 6.21. The van der Waals surface area contributed by atoms with Crippen LogP contribution in [0, 0.1) is 0 Å². The van der Waals surface area contributed by atoms with Gasteiger partial charge in [-0.05, 0) is 37.6 Å². The highest BCUT2D eigenvalue weighted by Gasteiger charge is 2.27. The van der Waals surface area contributed by atoms with Crippen molar-refractivity contribution in [3.05, 3.63) is 35.4 Å². The third-order valence-corrected chi connectivity index (χ3v) is 4.81. The van der Waals surface area contributed by atoms with Crippen LogP contribution in [0.3, 0.4) is 0 Å². The standard InChI is InChI=1S/C19H32N4O.HI/c1-4-20-19(21-13-16-9-7-8-10-17(16)15-24)23-12-11-18(14-23)22(5-2)6-3;/h7-10,18,24H,4-6,11-15H2,1-3H3,(H,20,21);1H. The third kappa shape index (κ3) is 6.11. The van der Waals surface area contributed by atoms with Gasteiger partial charge >= 0.3 is 0 Å². The summed E-state index contributed by atoms with van der Waals surface area (Å²) in [7, 11) is 0. The van der Waals surface area contributed by atoms with E-state index in [0.717, 1.165) is 49.8 Å². The maximum absolute atomic E-state index is 9.47. The van der Waals surface area contributed by atoms with Crippen molar-refractivity contribution in [2.75, 3.05) is 32.7 Å². The molecule has 0 bridgehead atoms. The van der Waals surface area contributed by atoms with Gasteiger partial charge < -0.3 is 15.3 Å². The van der Waals surface area contributed by atoms with E-state index in [4.69, 9.17) is 4.99 Å². The smallest absolute Gasteiger partial charge is 0.194 e. The zero-order chi connectivity index (χ0) is 17.4. The molecule has 0 aliphatic carbocycles. The van der Waals surface area contributed by atoms with Crippen LogP contribution >= 0.6 is 24.0 Å². The second kappa shape index (κ2) is 11.7. The summed E-state index contributed by atoms with van der Waals surface area (Å²) in [6, 6.07) is 8.58. The Morgan fingerprint density at radius 3 is 2.52 bits per heavy atom. The Kier molecular flexibility index (Phi) is 10.4. The minimum Gasteiger partial charge on any atom is -0.392 e. The molecule has 5 nitrogen and oxygen atoms in total. The molecule has 2 N–H and O–H groups in total. The minimum absolute atomic E-state index is 0. The van der Waals surface area contributed by atoms with Crippen molar-refractivity contribution in [1.29, 1.82) is 0 Å². The van der Waals surface area contributed by atoms with Gasteiger partial charge in [0, 0.05) is 25.7 Å². The SMILES string of the molecule is CCNC(=NCc1ccccc1CO)N1CCC(N(CC)CC)C1.I. The highest BCUT2D eigenvalue weighted by molar-refractivity contribution is 14.0. The van der Waals surface area contributed by atoms with Gasteiger partial charge in [-0.1, -0.05) is 38.1 Å². The zero-order valence-electron chi connectivity index (χ0n) is 15.7. The summed E-state index contributed by atoms with van der Waals surface area (Å²) in [6.45, 7) is 12.4. The van der Waals surface area contributed by atoms with Crippen molar-refractivity contribution in [1.82, 2.24) is 15.1 Å². The number of rotatable bonds is 7. The normalized spacial score (nSPS) is 17.7. The van der Waals surface area contributed by atoms with E-state index in [9.17, 15) is 5.11 Å². The van der Waals surface area contributed by atoms with E-state index >= 15 is 0 Å². The van der Waals surface area contributed by atoms with Gasteiger partial charge in [-0.15, -0.1) is 24.0 Å². The molecule has 1 atom stereocenters. The van der Waals surface area contributed by atoms with E-state index in [2.05, 4.69) is 35.9 Å². The number of nitrogens with zero attached hydrogens (tertiary/aromatic N) is 3. The molecule has 1 aromatic rings. The Morgan fingerprint density at radius 2 is 1.92 bits per heavy atom. The number of benzene rings is 1. The molecule has 1 saturated heterocycles. The lowest BCUT2D eigenvalue weighted by Crippen LogP contribution is -2.43. The quantitative estimate of drug-likeness (QED) is 0.373.